The van der Waals surface area contributed by atoms with Crippen molar-refractivity contribution in [2.75, 3.05) is 4.90 Å². The van der Waals surface area contributed by atoms with E-state index in [1.807, 2.05) is 0 Å². The maximum atomic E-state index is 2.56. The lowest BCUT2D eigenvalue weighted by Gasteiger charge is -2.32. The van der Waals surface area contributed by atoms with Crippen LogP contribution in [0.3, 0.4) is 0 Å². The van der Waals surface area contributed by atoms with Gasteiger partial charge >= 0.3 is 0 Å². The highest BCUT2D eigenvalue weighted by molar-refractivity contribution is 6.07. The minimum absolute atomic E-state index is 0.0833. The predicted octanol–water partition coefficient (Wildman–Crippen LogP) is 17.2. The highest BCUT2D eigenvalue weighted by Crippen LogP contribution is 2.55. The van der Waals surface area contributed by atoms with Crippen molar-refractivity contribution >= 4 is 27.8 Å². The molecule has 0 atom stereocenters. The zero-order valence-corrected chi connectivity index (χ0v) is 37.4. The van der Waals surface area contributed by atoms with E-state index in [9.17, 15) is 0 Å². The molecule has 306 valence electrons. The number of nitrogens with zero attached hydrogens (tertiary/aromatic N) is 1. The molecule has 63 heavy (non-hydrogen) atoms. The molecule has 1 nitrogen and oxygen atoms in total. The molecule has 0 N–H and O–H groups in total. The number of anilines is 3. The van der Waals surface area contributed by atoms with Crippen molar-refractivity contribution in [3.8, 4) is 55.6 Å². The number of fused-ring (bicyclic) bond motifs is 7. The molecule has 0 saturated heterocycles. The molecule has 11 rings (SSSR count). The molecule has 0 amide bonds. The Morgan fingerprint density at radius 1 is 0.365 bits per heavy atom. The first-order valence-corrected chi connectivity index (χ1v) is 22.5. The van der Waals surface area contributed by atoms with Gasteiger partial charge in [-0.15, -0.1) is 0 Å². The van der Waals surface area contributed by atoms with E-state index in [-0.39, 0.29) is 16.2 Å². The second kappa shape index (κ2) is 14.3. The summed E-state index contributed by atoms with van der Waals surface area (Å²) in [6.07, 6.45) is 0. The summed E-state index contributed by atoms with van der Waals surface area (Å²) in [6.45, 7) is 16.4. The van der Waals surface area contributed by atoms with Crippen molar-refractivity contribution in [2.45, 2.75) is 64.7 Å². The fourth-order valence-corrected chi connectivity index (χ4v) is 10.8. The Hall–Kier alpha value is -6.96. The van der Waals surface area contributed by atoms with Crippen LogP contribution in [0.15, 0.2) is 194 Å². The molecule has 0 unspecified atom stereocenters. The van der Waals surface area contributed by atoms with Gasteiger partial charge in [-0.25, -0.2) is 0 Å². The van der Waals surface area contributed by atoms with Crippen molar-refractivity contribution in [1.29, 1.82) is 0 Å². The molecule has 0 aromatic heterocycles. The van der Waals surface area contributed by atoms with Gasteiger partial charge in [-0.2, -0.15) is 0 Å². The third kappa shape index (κ3) is 6.20. The zero-order chi connectivity index (χ0) is 43.3. The van der Waals surface area contributed by atoms with Crippen LogP contribution in [0.4, 0.5) is 17.1 Å². The van der Waals surface area contributed by atoms with Gasteiger partial charge in [0.05, 0.1) is 11.4 Å². The third-order valence-electron chi connectivity index (χ3n) is 14.3. The SMILES string of the molecule is CC(C)(C)c1ccc(-c2ccc(N(c3ccc4c(c3)C(C)(C)c3ccccc3-4)c3ccc4ccccc4c3-c3ccc4c(c3)C(C)(C)c3ccccc3-4)c(-c3ccccc3)c2)cc1. The molecule has 1 heteroatoms. The van der Waals surface area contributed by atoms with E-state index < -0.39 is 0 Å². The van der Waals surface area contributed by atoms with Crippen LogP contribution >= 0.6 is 0 Å². The average Bonchev–Trinajstić information content (AvgIpc) is 3.68. The molecule has 9 aromatic carbocycles. The molecule has 0 saturated carbocycles. The second-order valence-corrected chi connectivity index (χ2v) is 19.8. The van der Waals surface area contributed by atoms with E-state index in [2.05, 4.69) is 247 Å². The van der Waals surface area contributed by atoms with Gasteiger partial charge in [0, 0.05) is 27.6 Å². The molecule has 0 radical (unpaired) electrons. The van der Waals surface area contributed by atoms with E-state index in [0.717, 1.165) is 17.1 Å². The van der Waals surface area contributed by atoms with E-state index in [0.29, 0.717) is 0 Å². The summed E-state index contributed by atoms with van der Waals surface area (Å²) in [5, 5.41) is 2.46. The molecule has 0 heterocycles. The second-order valence-electron chi connectivity index (χ2n) is 19.8. The molecule has 2 aliphatic rings. The van der Waals surface area contributed by atoms with Crippen LogP contribution in [0.25, 0.3) is 66.4 Å². The Labute approximate surface area is 373 Å². The van der Waals surface area contributed by atoms with Crippen molar-refractivity contribution in [3.63, 3.8) is 0 Å². The Bertz CT molecular complexity index is 3250. The van der Waals surface area contributed by atoms with Crippen molar-refractivity contribution in [2.24, 2.45) is 0 Å². The Morgan fingerprint density at radius 3 is 1.59 bits per heavy atom. The molecule has 0 fully saturated rings. The monoisotopic (exact) mass is 811 g/mol. The van der Waals surface area contributed by atoms with Gasteiger partial charge in [0.25, 0.3) is 0 Å². The average molecular weight is 812 g/mol. The Morgan fingerprint density at radius 2 is 0.905 bits per heavy atom. The summed E-state index contributed by atoms with van der Waals surface area (Å²) in [4.78, 5) is 2.56. The molecule has 0 bridgehead atoms. The summed E-state index contributed by atoms with van der Waals surface area (Å²) in [7, 11) is 0. The van der Waals surface area contributed by atoms with Gasteiger partial charge in [0.2, 0.25) is 0 Å². The summed E-state index contributed by atoms with van der Waals surface area (Å²) in [5.41, 5.74) is 22.6. The number of benzene rings is 9. The van der Waals surface area contributed by atoms with E-state index in [1.54, 1.807) is 0 Å². The fraction of sp³-hybridized carbons (Fsp3) is 0.161. The zero-order valence-electron chi connectivity index (χ0n) is 37.4. The van der Waals surface area contributed by atoms with Gasteiger partial charge in [-0.3, -0.25) is 0 Å². The van der Waals surface area contributed by atoms with Crippen molar-refractivity contribution < 1.29 is 0 Å². The lowest BCUT2D eigenvalue weighted by atomic mass is 9.81. The van der Waals surface area contributed by atoms with Crippen LogP contribution in [-0.4, -0.2) is 0 Å². The van der Waals surface area contributed by atoms with Gasteiger partial charge in [-0.05, 0) is 125 Å². The van der Waals surface area contributed by atoms with Crippen LogP contribution in [0.1, 0.15) is 76.3 Å². The number of hydrogen-bond acceptors (Lipinski definition) is 1. The third-order valence-corrected chi connectivity index (χ3v) is 14.3. The smallest absolute Gasteiger partial charge is 0.0546 e. The van der Waals surface area contributed by atoms with Crippen LogP contribution in [0, 0.1) is 0 Å². The number of hydrogen-bond donors (Lipinski definition) is 0. The summed E-state index contributed by atoms with van der Waals surface area (Å²) in [5.74, 6) is 0. The topological polar surface area (TPSA) is 3.24 Å². The predicted molar refractivity (Wildman–Crippen MR) is 269 cm³/mol. The minimum Gasteiger partial charge on any atom is -0.309 e. The lowest BCUT2D eigenvalue weighted by Crippen LogP contribution is -2.17. The van der Waals surface area contributed by atoms with Gasteiger partial charge in [0.1, 0.15) is 0 Å². The van der Waals surface area contributed by atoms with E-state index in [4.69, 9.17) is 0 Å². The maximum absolute atomic E-state index is 2.56. The van der Waals surface area contributed by atoms with Crippen molar-refractivity contribution in [3.05, 3.63) is 222 Å². The van der Waals surface area contributed by atoms with Crippen LogP contribution in [0.2, 0.25) is 0 Å². The van der Waals surface area contributed by atoms with E-state index >= 15 is 0 Å². The largest absolute Gasteiger partial charge is 0.309 e. The highest BCUT2D eigenvalue weighted by atomic mass is 15.1. The fourth-order valence-electron chi connectivity index (χ4n) is 10.8. The quantitative estimate of drug-likeness (QED) is 0.162. The van der Waals surface area contributed by atoms with E-state index in [1.165, 1.54) is 94.2 Å². The Kier molecular flexibility index (Phi) is 8.83. The van der Waals surface area contributed by atoms with Crippen molar-refractivity contribution in [1.82, 2.24) is 0 Å². The van der Waals surface area contributed by atoms with Gasteiger partial charge < -0.3 is 4.90 Å². The molecule has 9 aromatic rings. The summed E-state index contributed by atoms with van der Waals surface area (Å²) < 4.78 is 0. The number of rotatable bonds is 6. The summed E-state index contributed by atoms with van der Waals surface area (Å²) in [6, 6.07) is 73.1. The van der Waals surface area contributed by atoms with Gasteiger partial charge in [0.15, 0.2) is 0 Å². The first-order chi connectivity index (χ1) is 30.4. The standard InChI is InChI=1S/C62H53N/c1-60(2,3)45-30-25-40(26-31-45)43-29-35-57(52(37-43)41-17-9-8-10-18-41)63(46-32-34-51-49-22-14-16-24-54(49)62(6,7)56(51)39-46)58-36-28-42-19-11-12-20-47(42)59(58)44-27-33-50-48-21-13-15-23-53(48)61(4,5)55(50)38-44/h8-39H,1-7H3. The minimum atomic E-state index is -0.161. The molecular formula is C62H53N. The molecule has 2 aliphatic carbocycles. The Balaban J connectivity index is 1.19. The highest BCUT2D eigenvalue weighted by Gasteiger charge is 2.38. The summed E-state index contributed by atoms with van der Waals surface area (Å²) >= 11 is 0. The first-order valence-electron chi connectivity index (χ1n) is 22.5. The van der Waals surface area contributed by atoms with Gasteiger partial charge in [-0.1, -0.05) is 206 Å². The van der Waals surface area contributed by atoms with Crippen LogP contribution < -0.4 is 4.90 Å². The molecule has 0 spiro atoms. The van der Waals surface area contributed by atoms with Crippen LogP contribution in [-0.2, 0) is 16.2 Å². The lowest BCUT2D eigenvalue weighted by molar-refractivity contribution is 0.590. The molecule has 0 aliphatic heterocycles. The maximum Gasteiger partial charge on any atom is 0.0546 e. The van der Waals surface area contributed by atoms with Crippen LogP contribution in [0.5, 0.6) is 0 Å². The first kappa shape index (κ1) is 38.9. The normalized spacial score (nSPS) is 14.2. The molecular weight excluding hydrogens is 759 g/mol.